The predicted molar refractivity (Wildman–Crippen MR) is 88.5 cm³/mol. The summed E-state index contributed by atoms with van der Waals surface area (Å²) in [5.74, 6) is 2.17. The number of hydrogen-bond acceptors (Lipinski definition) is 2. The first kappa shape index (κ1) is 16.3. The number of hydrogen-bond donors (Lipinski definition) is 1. The molecule has 2 aliphatic carbocycles. The lowest BCUT2D eigenvalue weighted by Crippen LogP contribution is -2.60. The Morgan fingerprint density at radius 3 is 2.59 bits per heavy atom. The van der Waals surface area contributed by atoms with Gasteiger partial charge in [-0.15, -0.1) is 0 Å². The number of fused-ring (bicyclic) bond motifs is 1. The maximum atomic E-state index is 11.8. The molecule has 3 nitrogen and oxygen atoms in total. The van der Waals surface area contributed by atoms with E-state index in [0.29, 0.717) is 24.0 Å². The molecular weight excluding hydrogens is 274 g/mol. The summed E-state index contributed by atoms with van der Waals surface area (Å²) in [4.78, 5) is 11.8. The highest BCUT2D eigenvalue weighted by Gasteiger charge is 2.68. The van der Waals surface area contributed by atoms with Crippen molar-refractivity contribution in [3.8, 4) is 0 Å². The van der Waals surface area contributed by atoms with E-state index in [-0.39, 0.29) is 16.7 Å². The van der Waals surface area contributed by atoms with Crippen molar-refractivity contribution in [1.82, 2.24) is 5.32 Å². The Hall–Kier alpha value is -0.570. The largest absolute Gasteiger partial charge is 0.378 e. The molecule has 5 atom stereocenters. The van der Waals surface area contributed by atoms with Crippen molar-refractivity contribution in [3.63, 3.8) is 0 Å². The van der Waals surface area contributed by atoms with Gasteiger partial charge in [-0.1, -0.05) is 40.5 Å². The summed E-state index contributed by atoms with van der Waals surface area (Å²) in [6.45, 7) is 11.9. The Balaban J connectivity index is 1.93. The smallest absolute Gasteiger partial charge is 0.217 e. The number of rotatable bonds is 4. The molecule has 3 rings (SSSR count). The Bertz CT molecular complexity index is 443. The molecule has 1 saturated heterocycles. The number of carbonyl (C=O) groups excluding carboxylic acids is 1. The monoisotopic (exact) mass is 307 g/mol. The number of ether oxygens (including phenoxy) is 1. The number of carbonyl (C=O) groups is 1. The molecular formula is C19H33NO2. The Kier molecular flexibility index (Phi) is 4.08. The topological polar surface area (TPSA) is 38.3 Å². The molecule has 1 heterocycles. The van der Waals surface area contributed by atoms with Gasteiger partial charge in [-0.25, -0.2) is 0 Å². The summed E-state index contributed by atoms with van der Waals surface area (Å²) < 4.78 is 6.29. The van der Waals surface area contributed by atoms with Gasteiger partial charge >= 0.3 is 0 Å². The van der Waals surface area contributed by atoms with E-state index >= 15 is 0 Å². The standard InChI is InChI=1S/C19H33NO2/c1-6-13(7-2)16-15-10-14-11-19(15,8-9-22-16)17(18(14,4)5)20-12(3)21/h13-17H,6-11H2,1-5H3,(H,20,21)/t14-,15-,16-,17+,19?/m1/s1. The van der Waals surface area contributed by atoms with E-state index in [4.69, 9.17) is 4.74 Å². The zero-order valence-corrected chi connectivity index (χ0v) is 14.9. The first-order valence-electron chi connectivity index (χ1n) is 9.25. The van der Waals surface area contributed by atoms with Crippen molar-refractivity contribution in [2.45, 2.75) is 78.9 Å². The van der Waals surface area contributed by atoms with Gasteiger partial charge in [0.2, 0.25) is 5.91 Å². The van der Waals surface area contributed by atoms with Gasteiger partial charge < -0.3 is 10.1 Å². The van der Waals surface area contributed by atoms with Crippen LogP contribution in [0.15, 0.2) is 0 Å². The zero-order valence-electron chi connectivity index (χ0n) is 14.9. The molecule has 22 heavy (non-hydrogen) atoms. The first-order chi connectivity index (χ1) is 10.4. The molecule has 0 aromatic rings. The lowest BCUT2D eigenvalue weighted by Gasteiger charge is -2.54. The van der Waals surface area contributed by atoms with Gasteiger partial charge in [-0.3, -0.25) is 4.79 Å². The molecule has 3 aliphatic rings. The van der Waals surface area contributed by atoms with Crippen LogP contribution < -0.4 is 5.32 Å². The summed E-state index contributed by atoms with van der Waals surface area (Å²) in [5.41, 5.74) is 0.503. The van der Waals surface area contributed by atoms with E-state index in [1.54, 1.807) is 6.92 Å². The third-order valence-corrected chi connectivity index (χ3v) is 7.41. The van der Waals surface area contributed by atoms with Crippen LogP contribution in [0.2, 0.25) is 0 Å². The van der Waals surface area contributed by atoms with Crippen LogP contribution in [0.1, 0.15) is 66.7 Å². The molecule has 3 fully saturated rings. The fraction of sp³-hybridized carbons (Fsp3) is 0.947. The number of amides is 1. The lowest BCUT2D eigenvalue weighted by molar-refractivity contribution is -0.147. The second kappa shape index (κ2) is 5.51. The predicted octanol–water partition coefficient (Wildman–Crippen LogP) is 3.77. The van der Waals surface area contributed by atoms with Crippen molar-refractivity contribution in [2.75, 3.05) is 6.61 Å². The molecule has 1 amide bonds. The maximum Gasteiger partial charge on any atom is 0.217 e. The molecule has 2 saturated carbocycles. The SMILES string of the molecule is CCC(CC)[C@H]1OCCC23C[C@@H](C[C@H]12)C(C)(C)[C@@H]3NC(C)=O. The van der Waals surface area contributed by atoms with E-state index in [1.807, 2.05) is 0 Å². The number of nitrogens with one attached hydrogen (secondary N) is 1. The highest BCUT2D eigenvalue weighted by Crippen LogP contribution is 2.69. The minimum absolute atomic E-state index is 0.129. The third kappa shape index (κ3) is 2.15. The molecule has 1 spiro atoms. The molecule has 3 heteroatoms. The molecule has 0 aromatic carbocycles. The van der Waals surface area contributed by atoms with Crippen LogP contribution in [0.4, 0.5) is 0 Å². The Morgan fingerprint density at radius 1 is 1.32 bits per heavy atom. The van der Waals surface area contributed by atoms with Gasteiger partial charge in [0.05, 0.1) is 6.10 Å². The van der Waals surface area contributed by atoms with Crippen LogP contribution in [0.3, 0.4) is 0 Å². The lowest BCUT2D eigenvalue weighted by atomic mass is 9.58. The van der Waals surface area contributed by atoms with Crippen molar-refractivity contribution in [3.05, 3.63) is 0 Å². The van der Waals surface area contributed by atoms with Crippen molar-refractivity contribution < 1.29 is 9.53 Å². The minimum Gasteiger partial charge on any atom is -0.378 e. The second-order valence-electron chi connectivity index (χ2n) is 8.59. The summed E-state index contributed by atoms with van der Waals surface area (Å²) in [6, 6.07) is 0.321. The fourth-order valence-electron chi connectivity index (χ4n) is 6.26. The van der Waals surface area contributed by atoms with Crippen LogP contribution >= 0.6 is 0 Å². The van der Waals surface area contributed by atoms with Gasteiger partial charge in [0.1, 0.15) is 0 Å². The average Bonchev–Trinajstić information content (AvgIpc) is 2.94. The van der Waals surface area contributed by atoms with E-state index in [0.717, 1.165) is 18.9 Å². The molecule has 0 aromatic heterocycles. The van der Waals surface area contributed by atoms with Crippen LogP contribution in [0.25, 0.3) is 0 Å². The van der Waals surface area contributed by atoms with Crippen LogP contribution in [0.5, 0.6) is 0 Å². The molecule has 126 valence electrons. The maximum absolute atomic E-state index is 11.8. The first-order valence-corrected chi connectivity index (χ1v) is 9.25. The van der Waals surface area contributed by atoms with E-state index < -0.39 is 0 Å². The third-order valence-electron chi connectivity index (χ3n) is 7.41. The molecule has 1 N–H and O–H groups in total. The van der Waals surface area contributed by atoms with Crippen LogP contribution in [-0.4, -0.2) is 24.7 Å². The molecule has 1 unspecified atom stereocenters. The van der Waals surface area contributed by atoms with Gasteiger partial charge in [0.25, 0.3) is 0 Å². The van der Waals surface area contributed by atoms with E-state index in [9.17, 15) is 4.79 Å². The normalized spacial score (nSPS) is 42.5. The average molecular weight is 307 g/mol. The highest BCUT2D eigenvalue weighted by atomic mass is 16.5. The minimum atomic E-state index is 0.129. The highest BCUT2D eigenvalue weighted by molar-refractivity contribution is 5.73. The molecule has 0 radical (unpaired) electrons. The summed E-state index contributed by atoms with van der Waals surface area (Å²) in [6.07, 6.45) is 6.51. The Labute approximate surface area is 135 Å². The summed E-state index contributed by atoms with van der Waals surface area (Å²) >= 11 is 0. The van der Waals surface area contributed by atoms with Crippen molar-refractivity contribution in [2.24, 2.45) is 28.6 Å². The van der Waals surface area contributed by atoms with Gasteiger partial charge in [-0.05, 0) is 47.8 Å². The van der Waals surface area contributed by atoms with Gasteiger partial charge in [0, 0.05) is 19.6 Å². The van der Waals surface area contributed by atoms with Crippen molar-refractivity contribution in [1.29, 1.82) is 0 Å². The van der Waals surface area contributed by atoms with Crippen LogP contribution in [0, 0.1) is 28.6 Å². The van der Waals surface area contributed by atoms with Gasteiger partial charge in [0.15, 0.2) is 0 Å². The van der Waals surface area contributed by atoms with Gasteiger partial charge in [-0.2, -0.15) is 0 Å². The fourth-order valence-corrected chi connectivity index (χ4v) is 6.26. The summed E-state index contributed by atoms with van der Waals surface area (Å²) in [7, 11) is 0. The zero-order chi connectivity index (χ0) is 16.1. The second-order valence-corrected chi connectivity index (χ2v) is 8.59. The Morgan fingerprint density at radius 2 is 2.00 bits per heavy atom. The van der Waals surface area contributed by atoms with Crippen molar-refractivity contribution >= 4 is 5.91 Å². The molecule has 2 bridgehead atoms. The summed E-state index contributed by atoms with van der Waals surface area (Å²) in [5, 5.41) is 3.35. The molecule has 1 aliphatic heterocycles. The van der Waals surface area contributed by atoms with Crippen LogP contribution in [-0.2, 0) is 9.53 Å². The van der Waals surface area contributed by atoms with E-state index in [2.05, 4.69) is 33.0 Å². The quantitative estimate of drug-likeness (QED) is 0.858. The van der Waals surface area contributed by atoms with E-state index in [1.165, 1.54) is 25.7 Å².